The number of nitrogens with zero attached hydrogens (tertiary/aromatic N) is 4. The van der Waals surface area contributed by atoms with Crippen molar-refractivity contribution in [2.24, 2.45) is 21.1 Å². The Morgan fingerprint density at radius 2 is 2.10 bits per heavy atom. The van der Waals surface area contributed by atoms with Crippen molar-refractivity contribution in [2.75, 3.05) is 23.7 Å². The minimum Gasteiger partial charge on any atom is -0.371 e. The van der Waals surface area contributed by atoms with Crippen LogP contribution >= 0.6 is 11.6 Å². The molecule has 10 heteroatoms. The Bertz CT molecular complexity index is 1060. The lowest BCUT2D eigenvalue weighted by Gasteiger charge is -2.43. The van der Waals surface area contributed by atoms with E-state index in [2.05, 4.69) is 20.9 Å². The zero-order valence-corrected chi connectivity index (χ0v) is 17.6. The number of azo groups is 1. The zero-order valence-electron chi connectivity index (χ0n) is 16.8. The number of nitrogens with two attached hydrogens (primary N) is 1. The predicted molar refractivity (Wildman–Crippen MR) is 122 cm³/mol. The van der Waals surface area contributed by atoms with Crippen LogP contribution in [0.4, 0.5) is 17.1 Å². The molecular weight excluding hydrogens is 416 g/mol. The van der Waals surface area contributed by atoms with E-state index >= 15 is 0 Å². The lowest BCUT2D eigenvalue weighted by Crippen LogP contribution is -2.56. The van der Waals surface area contributed by atoms with E-state index in [1.807, 2.05) is 36.4 Å². The summed E-state index contributed by atoms with van der Waals surface area (Å²) in [6.45, 7) is 1.75. The van der Waals surface area contributed by atoms with Crippen molar-refractivity contribution in [3.63, 3.8) is 0 Å². The van der Waals surface area contributed by atoms with Gasteiger partial charge in [-0.3, -0.25) is 10.6 Å². The number of fused-ring (bicyclic) bond motifs is 1. The highest BCUT2D eigenvalue weighted by molar-refractivity contribution is 6.31. The molecule has 31 heavy (non-hydrogen) atoms. The first-order chi connectivity index (χ1) is 15.0. The summed E-state index contributed by atoms with van der Waals surface area (Å²) < 4.78 is 0. The number of aliphatic imine (C=N–C) groups is 1. The maximum atomic E-state index is 11.7. The van der Waals surface area contributed by atoms with Crippen molar-refractivity contribution < 1.29 is 4.79 Å². The fourth-order valence-corrected chi connectivity index (χ4v) is 3.97. The average Bonchev–Trinajstić information content (AvgIpc) is 2.76. The molecule has 2 aliphatic heterocycles. The Hall–Kier alpha value is -3.14. The molecule has 5 N–H and O–H groups in total. The minimum absolute atomic E-state index is 0.373. The number of hydrogen-bond acceptors (Lipinski definition) is 8. The normalized spacial score (nSPS) is 17.7. The molecule has 0 saturated carbocycles. The third kappa shape index (κ3) is 4.63. The molecule has 0 aromatic heterocycles. The molecule has 2 heterocycles. The SMILES string of the molecule is N=CC(=O)Nc1cccc2c1N=C(N=NCc1cccc(Cl)c1)C1(CCN(N)CC1)N2. The number of nitrogens with one attached hydrogen (secondary N) is 3. The van der Waals surface area contributed by atoms with Crippen LogP contribution in [-0.4, -0.2) is 41.6 Å². The van der Waals surface area contributed by atoms with Crippen LogP contribution in [0.3, 0.4) is 0 Å². The van der Waals surface area contributed by atoms with Crippen molar-refractivity contribution in [2.45, 2.75) is 24.9 Å². The molecule has 0 radical (unpaired) electrons. The van der Waals surface area contributed by atoms with Gasteiger partial charge in [0.05, 0.1) is 24.1 Å². The number of para-hydroxylation sites is 1. The Morgan fingerprint density at radius 1 is 1.32 bits per heavy atom. The molecule has 2 aromatic carbocycles. The van der Waals surface area contributed by atoms with E-state index in [0.29, 0.717) is 41.9 Å². The van der Waals surface area contributed by atoms with Crippen LogP contribution in [0.1, 0.15) is 18.4 Å². The Morgan fingerprint density at radius 3 is 2.84 bits per heavy atom. The van der Waals surface area contributed by atoms with Crippen molar-refractivity contribution >= 4 is 46.6 Å². The number of carbonyl (C=O) groups is 1. The summed E-state index contributed by atoms with van der Waals surface area (Å²) >= 11 is 6.06. The van der Waals surface area contributed by atoms with E-state index in [9.17, 15) is 4.79 Å². The van der Waals surface area contributed by atoms with E-state index in [-0.39, 0.29) is 0 Å². The van der Waals surface area contributed by atoms with Gasteiger partial charge in [0.25, 0.3) is 5.91 Å². The maximum absolute atomic E-state index is 11.7. The average molecular weight is 439 g/mol. The predicted octanol–water partition coefficient (Wildman–Crippen LogP) is 3.74. The number of carbonyl (C=O) groups excluding carboxylic acids is 1. The molecule has 2 aliphatic rings. The highest BCUT2D eigenvalue weighted by atomic mass is 35.5. The number of hydrazine groups is 1. The van der Waals surface area contributed by atoms with Crippen molar-refractivity contribution in [1.82, 2.24) is 5.01 Å². The number of benzene rings is 2. The smallest absolute Gasteiger partial charge is 0.266 e. The second-order valence-electron chi connectivity index (χ2n) is 7.54. The van der Waals surface area contributed by atoms with Crippen LogP contribution < -0.4 is 16.5 Å². The second kappa shape index (κ2) is 8.93. The largest absolute Gasteiger partial charge is 0.371 e. The van der Waals surface area contributed by atoms with Crippen molar-refractivity contribution in [3.05, 3.63) is 53.1 Å². The fraction of sp³-hybridized carbons (Fsp3) is 0.286. The molecule has 0 atom stereocenters. The van der Waals surface area contributed by atoms with Gasteiger partial charge < -0.3 is 16.0 Å². The van der Waals surface area contributed by atoms with Crippen LogP contribution in [0.5, 0.6) is 0 Å². The molecule has 1 spiro atoms. The highest BCUT2D eigenvalue weighted by Gasteiger charge is 2.42. The molecule has 0 bridgehead atoms. The lowest BCUT2D eigenvalue weighted by molar-refractivity contribution is -0.110. The summed E-state index contributed by atoms with van der Waals surface area (Å²) in [6.07, 6.45) is 2.16. The molecule has 0 unspecified atom stereocenters. The maximum Gasteiger partial charge on any atom is 0.266 e. The quantitative estimate of drug-likeness (QED) is 0.329. The number of piperidine rings is 1. The number of halogens is 1. The number of hydrogen-bond donors (Lipinski definition) is 4. The number of amides is 1. The van der Waals surface area contributed by atoms with Crippen molar-refractivity contribution in [3.8, 4) is 0 Å². The third-order valence-electron chi connectivity index (χ3n) is 5.40. The minimum atomic E-state index is -0.524. The van der Waals surface area contributed by atoms with Gasteiger partial charge in [-0.15, -0.1) is 5.11 Å². The zero-order chi connectivity index (χ0) is 21.8. The molecule has 2 aromatic rings. The molecule has 1 saturated heterocycles. The molecule has 1 fully saturated rings. The van der Waals surface area contributed by atoms with Crippen molar-refractivity contribution in [1.29, 1.82) is 5.41 Å². The van der Waals surface area contributed by atoms with Crippen LogP contribution in [0.15, 0.2) is 57.7 Å². The van der Waals surface area contributed by atoms with Crippen LogP contribution in [0.25, 0.3) is 0 Å². The summed E-state index contributed by atoms with van der Waals surface area (Å²) in [5.74, 6) is 6.00. The third-order valence-corrected chi connectivity index (χ3v) is 5.64. The van der Waals surface area contributed by atoms with Gasteiger partial charge in [0.2, 0.25) is 0 Å². The Labute approximate surface area is 184 Å². The summed E-state index contributed by atoms with van der Waals surface area (Å²) in [4.78, 5) is 16.5. The van der Waals surface area contributed by atoms with E-state index in [4.69, 9.17) is 27.8 Å². The van der Waals surface area contributed by atoms with Gasteiger partial charge in [0, 0.05) is 18.1 Å². The number of amidine groups is 1. The summed E-state index contributed by atoms with van der Waals surface area (Å²) in [7, 11) is 0. The van der Waals surface area contributed by atoms with Gasteiger partial charge in [-0.05, 0) is 42.7 Å². The summed E-state index contributed by atoms with van der Waals surface area (Å²) in [5.41, 5.74) is 2.32. The first kappa shape index (κ1) is 21.1. The monoisotopic (exact) mass is 438 g/mol. The number of rotatable bonds is 4. The van der Waals surface area contributed by atoms with Gasteiger partial charge in [0.1, 0.15) is 11.2 Å². The molecule has 9 nitrogen and oxygen atoms in total. The molecular formula is C21H23ClN8O. The van der Waals surface area contributed by atoms with Crippen LogP contribution in [-0.2, 0) is 11.3 Å². The molecule has 0 aliphatic carbocycles. The number of anilines is 2. The van der Waals surface area contributed by atoms with Gasteiger partial charge >= 0.3 is 0 Å². The van der Waals surface area contributed by atoms with Gasteiger partial charge in [-0.2, -0.15) is 5.11 Å². The van der Waals surface area contributed by atoms with Crippen LogP contribution in [0.2, 0.25) is 5.02 Å². The van der Waals surface area contributed by atoms with Crippen LogP contribution in [0, 0.1) is 5.41 Å². The fourth-order valence-electron chi connectivity index (χ4n) is 3.75. The van der Waals surface area contributed by atoms with Gasteiger partial charge in [-0.1, -0.05) is 29.8 Å². The Kier molecular flexibility index (Phi) is 6.08. The first-order valence-electron chi connectivity index (χ1n) is 9.92. The molecule has 160 valence electrons. The first-order valence-corrected chi connectivity index (χ1v) is 10.3. The van der Waals surface area contributed by atoms with E-state index in [1.54, 1.807) is 11.1 Å². The second-order valence-corrected chi connectivity index (χ2v) is 7.98. The topological polar surface area (TPSA) is 131 Å². The van der Waals surface area contributed by atoms with E-state index in [0.717, 1.165) is 30.3 Å². The summed E-state index contributed by atoms with van der Waals surface area (Å²) in [5, 5.41) is 24.7. The van der Waals surface area contributed by atoms with E-state index in [1.165, 1.54) is 0 Å². The standard InChI is InChI=1S/C21H23ClN8O/c22-15-4-1-3-14(11-15)13-25-29-20-21(7-9-30(24)10-8-21)28-17-6-2-5-16(19(17)27-20)26-18(31)12-23/h1-6,11-12,23,28H,7-10,13,24H2,(H,26,31). The van der Waals surface area contributed by atoms with E-state index < -0.39 is 11.4 Å². The lowest BCUT2D eigenvalue weighted by atomic mass is 9.85. The molecule has 4 rings (SSSR count). The van der Waals surface area contributed by atoms with Gasteiger partial charge in [0.15, 0.2) is 5.84 Å². The Balaban J connectivity index is 1.68. The highest BCUT2D eigenvalue weighted by Crippen LogP contribution is 2.42. The van der Waals surface area contributed by atoms with Gasteiger partial charge in [-0.25, -0.2) is 10.0 Å². The molecule has 1 amide bonds. The summed E-state index contributed by atoms with van der Waals surface area (Å²) in [6, 6.07) is 13.0.